The molecule has 1 aromatic carbocycles. The van der Waals surface area contributed by atoms with E-state index in [1.807, 2.05) is 12.1 Å². The van der Waals surface area contributed by atoms with Crippen molar-refractivity contribution in [3.05, 3.63) is 28.2 Å². The summed E-state index contributed by atoms with van der Waals surface area (Å²) in [6.45, 7) is 6.33. The molecule has 0 aliphatic carbocycles. The summed E-state index contributed by atoms with van der Waals surface area (Å²) in [7, 11) is 4.22. The fourth-order valence-corrected chi connectivity index (χ4v) is 2.51. The smallest absolute Gasteiger partial charge is 0.123 e. The van der Waals surface area contributed by atoms with Crippen LogP contribution in [-0.2, 0) is 6.42 Å². The van der Waals surface area contributed by atoms with Crippen LogP contribution in [0.5, 0.6) is 5.75 Å². The fraction of sp³-hybridized carbons (Fsp3) is 0.600. The Balaban J connectivity index is 1.81. The molecule has 1 unspecified atom stereocenters. The second-order valence-electron chi connectivity index (χ2n) is 6.03. The minimum atomic E-state index is 0.161. The Kier molecular flexibility index (Phi) is 4.54. The van der Waals surface area contributed by atoms with E-state index in [2.05, 4.69) is 60.2 Å². The van der Waals surface area contributed by atoms with E-state index in [-0.39, 0.29) is 11.6 Å². The van der Waals surface area contributed by atoms with E-state index in [0.29, 0.717) is 0 Å². The van der Waals surface area contributed by atoms with Gasteiger partial charge >= 0.3 is 0 Å². The molecule has 0 amide bonds. The quantitative estimate of drug-likeness (QED) is 0.900. The molecule has 3 nitrogen and oxygen atoms in total. The van der Waals surface area contributed by atoms with Gasteiger partial charge in [0.05, 0.1) is 0 Å². The van der Waals surface area contributed by atoms with Gasteiger partial charge in [0.15, 0.2) is 0 Å². The van der Waals surface area contributed by atoms with Crippen LogP contribution >= 0.6 is 15.9 Å². The van der Waals surface area contributed by atoms with Gasteiger partial charge in [0, 0.05) is 29.5 Å². The molecule has 1 aromatic rings. The second kappa shape index (κ2) is 5.81. The monoisotopic (exact) mass is 326 g/mol. The van der Waals surface area contributed by atoms with Crippen molar-refractivity contribution in [3.63, 3.8) is 0 Å². The van der Waals surface area contributed by atoms with Crippen molar-refractivity contribution in [1.82, 2.24) is 10.2 Å². The SMILES string of the molecule is CN(C)C(C)(C)CNCC1Cc2cc(Br)ccc2O1. The highest BCUT2D eigenvalue weighted by molar-refractivity contribution is 9.10. The third-order valence-corrected chi connectivity index (χ3v) is 4.40. The van der Waals surface area contributed by atoms with Crippen molar-refractivity contribution in [2.24, 2.45) is 0 Å². The van der Waals surface area contributed by atoms with Crippen LogP contribution in [0.15, 0.2) is 22.7 Å². The number of hydrogen-bond donors (Lipinski definition) is 1. The standard InChI is InChI=1S/C15H23BrN2O/c1-15(2,18(3)4)10-17-9-13-8-11-7-12(16)5-6-14(11)19-13/h5-7,13,17H,8-10H2,1-4H3. The number of fused-ring (bicyclic) bond motifs is 1. The number of ether oxygens (including phenoxy) is 1. The van der Waals surface area contributed by atoms with E-state index in [4.69, 9.17) is 4.74 Å². The molecule has 0 saturated carbocycles. The molecule has 2 rings (SSSR count). The molecule has 1 N–H and O–H groups in total. The first-order valence-corrected chi connectivity index (χ1v) is 7.51. The minimum Gasteiger partial charge on any atom is -0.488 e. The summed E-state index contributed by atoms with van der Waals surface area (Å²) in [6.07, 6.45) is 1.24. The number of rotatable bonds is 5. The summed E-state index contributed by atoms with van der Waals surface area (Å²) in [4.78, 5) is 2.24. The van der Waals surface area contributed by atoms with Crippen LogP contribution in [-0.4, -0.2) is 43.7 Å². The zero-order valence-electron chi connectivity index (χ0n) is 12.2. The molecule has 0 aromatic heterocycles. The Morgan fingerprint density at radius 2 is 2.16 bits per heavy atom. The summed E-state index contributed by atoms with van der Waals surface area (Å²) in [5, 5.41) is 3.52. The lowest BCUT2D eigenvalue weighted by Crippen LogP contribution is -2.48. The minimum absolute atomic E-state index is 0.161. The molecule has 0 spiro atoms. The van der Waals surface area contributed by atoms with E-state index in [9.17, 15) is 0 Å². The Morgan fingerprint density at radius 1 is 1.42 bits per heavy atom. The molecule has 19 heavy (non-hydrogen) atoms. The number of nitrogens with one attached hydrogen (secondary N) is 1. The molecule has 4 heteroatoms. The predicted octanol–water partition coefficient (Wildman–Crippen LogP) is 2.68. The third kappa shape index (κ3) is 3.71. The van der Waals surface area contributed by atoms with E-state index >= 15 is 0 Å². The average molecular weight is 327 g/mol. The second-order valence-corrected chi connectivity index (χ2v) is 6.95. The first-order chi connectivity index (χ1) is 8.88. The summed E-state index contributed by atoms with van der Waals surface area (Å²) < 4.78 is 7.06. The van der Waals surface area contributed by atoms with Crippen molar-refractivity contribution in [3.8, 4) is 5.75 Å². The van der Waals surface area contributed by atoms with E-state index in [1.54, 1.807) is 0 Å². The Hall–Kier alpha value is -0.580. The summed E-state index contributed by atoms with van der Waals surface area (Å²) >= 11 is 3.50. The molecular weight excluding hydrogens is 304 g/mol. The molecule has 1 aliphatic rings. The first-order valence-electron chi connectivity index (χ1n) is 6.72. The van der Waals surface area contributed by atoms with Gasteiger partial charge < -0.3 is 15.0 Å². The summed E-state index contributed by atoms with van der Waals surface area (Å²) in [5.74, 6) is 1.03. The van der Waals surface area contributed by atoms with Gasteiger partial charge in [-0.3, -0.25) is 0 Å². The van der Waals surface area contributed by atoms with E-state index in [1.165, 1.54) is 5.56 Å². The molecule has 0 bridgehead atoms. The highest BCUT2D eigenvalue weighted by atomic mass is 79.9. The van der Waals surface area contributed by atoms with Crippen LogP contribution in [0, 0.1) is 0 Å². The van der Waals surface area contributed by atoms with Crippen LogP contribution in [0.1, 0.15) is 19.4 Å². The van der Waals surface area contributed by atoms with Crippen molar-refractivity contribution in [2.75, 3.05) is 27.2 Å². The third-order valence-electron chi connectivity index (χ3n) is 3.90. The van der Waals surface area contributed by atoms with Gasteiger partial charge in [0.1, 0.15) is 11.9 Å². The van der Waals surface area contributed by atoms with Gasteiger partial charge in [-0.15, -0.1) is 0 Å². The van der Waals surface area contributed by atoms with Crippen molar-refractivity contribution >= 4 is 15.9 Å². The zero-order chi connectivity index (χ0) is 14.0. The Labute approximate surface area is 124 Å². The van der Waals surface area contributed by atoms with Gasteiger partial charge in [-0.25, -0.2) is 0 Å². The fourth-order valence-electron chi connectivity index (χ4n) is 2.10. The number of likely N-dealkylation sites (N-methyl/N-ethyl adjacent to an activating group) is 1. The molecule has 1 atom stereocenters. The molecule has 0 radical (unpaired) electrons. The lowest BCUT2D eigenvalue weighted by Gasteiger charge is -2.33. The number of benzene rings is 1. The molecule has 106 valence electrons. The number of halogens is 1. The molecule has 0 saturated heterocycles. The van der Waals surface area contributed by atoms with Gasteiger partial charge in [0.2, 0.25) is 0 Å². The van der Waals surface area contributed by atoms with E-state index in [0.717, 1.165) is 29.7 Å². The van der Waals surface area contributed by atoms with Crippen molar-refractivity contribution in [1.29, 1.82) is 0 Å². The predicted molar refractivity (Wildman–Crippen MR) is 82.9 cm³/mol. The highest BCUT2D eigenvalue weighted by Gasteiger charge is 2.24. The largest absolute Gasteiger partial charge is 0.488 e. The van der Waals surface area contributed by atoms with Crippen LogP contribution in [0.25, 0.3) is 0 Å². The molecular formula is C15H23BrN2O. The lowest BCUT2D eigenvalue weighted by atomic mass is 10.0. The topological polar surface area (TPSA) is 24.5 Å². The van der Waals surface area contributed by atoms with Crippen LogP contribution in [0.4, 0.5) is 0 Å². The normalized spacial score (nSPS) is 18.5. The Bertz CT molecular complexity index is 446. The summed E-state index contributed by atoms with van der Waals surface area (Å²) in [5.41, 5.74) is 1.46. The van der Waals surface area contributed by atoms with Crippen LogP contribution in [0.3, 0.4) is 0 Å². The molecule has 1 heterocycles. The van der Waals surface area contributed by atoms with Crippen molar-refractivity contribution < 1.29 is 4.74 Å². The lowest BCUT2D eigenvalue weighted by molar-refractivity contribution is 0.174. The Morgan fingerprint density at radius 3 is 2.84 bits per heavy atom. The maximum Gasteiger partial charge on any atom is 0.123 e. The van der Waals surface area contributed by atoms with E-state index < -0.39 is 0 Å². The zero-order valence-corrected chi connectivity index (χ0v) is 13.8. The highest BCUT2D eigenvalue weighted by Crippen LogP contribution is 2.30. The maximum atomic E-state index is 5.94. The number of nitrogens with zero attached hydrogens (tertiary/aromatic N) is 1. The molecule has 0 fully saturated rings. The van der Waals surface area contributed by atoms with Gasteiger partial charge in [-0.1, -0.05) is 15.9 Å². The van der Waals surface area contributed by atoms with Crippen LogP contribution < -0.4 is 10.1 Å². The number of hydrogen-bond acceptors (Lipinski definition) is 3. The molecule has 1 aliphatic heterocycles. The van der Waals surface area contributed by atoms with Gasteiger partial charge in [0.25, 0.3) is 0 Å². The van der Waals surface area contributed by atoms with Crippen molar-refractivity contribution in [2.45, 2.75) is 31.9 Å². The van der Waals surface area contributed by atoms with Gasteiger partial charge in [-0.2, -0.15) is 0 Å². The first kappa shape index (κ1) is 14.8. The summed E-state index contributed by atoms with van der Waals surface area (Å²) in [6, 6.07) is 6.23. The maximum absolute atomic E-state index is 5.94. The van der Waals surface area contributed by atoms with Crippen LogP contribution in [0.2, 0.25) is 0 Å². The van der Waals surface area contributed by atoms with Gasteiger partial charge in [-0.05, 0) is 51.7 Å². The average Bonchev–Trinajstić information content (AvgIpc) is 2.70.